The number of halogens is 2. The Labute approximate surface area is 324 Å². The minimum Gasteiger partial charge on any atom is -0.400 e. The fraction of sp³-hybridized carbons (Fsp3) is 0.651. The van der Waals surface area contributed by atoms with Crippen molar-refractivity contribution >= 4 is 18.5 Å². The number of aliphatic imine (C=N–C) groups is 1. The number of nitrogens with zero attached hydrogens (tertiary/aromatic N) is 2. The van der Waals surface area contributed by atoms with Gasteiger partial charge in [0.1, 0.15) is 11.7 Å². The maximum absolute atomic E-state index is 13.4. The zero-order valence-corrected chi connectivity index (χ0v) is 35.0. The number of rotatable bonds is 18. The van der Waals surface area contributed by atoms with Crippen molar-refractivity contribution < 1.29 is 28.2 Å². The van der Waals surface area contributed by atoms with Crippen LogP contribution in [0.4, 0.5) is 8.78 Å². The molecule has 53 heavy (non-hydrogen) atoms. The number of aliphatic hydroxyl groups is 1. The van der Waals surface area contributed by atoms with Gasteiger partial charge in [-0.2, -0.15) is 0 Å². The van der Waals surface area contributed by atoms with Crippen molar-refractivity contribution in [2.75, 3.05) is 33.4 Å². The van der Waals surface area contributed by atoms with Gasteiger partial charge in [-0.3, -0.25) is 14.6 Å². The predicted molar refractivity (Wildman–Crippen MR) is 226 cm³/mol. The molecule has 0 radical (unpaired) electrons. The van der Waals surface area contributed by atoms with Gasteiger partial charge in [0.05, 0.1) is 19.0 Å². The van der Waals surface area contributed by atoms with Gasteiger partial charge in [0.15, 0.2) is 5.78 Å². The molecule has 1 amide bonds. The highest BCUT2D eigenvalue weighted by atomic mass is 19.1. The number of nitrogens with two attached hydrogens (primary N) is 1. The fourth-order valence-electron chi connectivity index (χ4n) is 5.27. The van der Waals surface area contributed by atoms with Crippen LogP contribution in [0.2, 0.25) is 0 Å². The van der Waals surface area contributed by atoms with Crippen LogP contribution in [-0.4, -0.2) is 80.1 Å². The van der Waals surface area contributed by atoms with Crippen molar-refractivity contribution in [3.8, 4) is 0 Å². The Morgan fingerprint density at radius 1 is 1.09 bits per heavy atom. The summed E-state index contributed by atoms with van der Waals surface area (Å²) in [6.07, 6.45) is 20.8. The number of ether oxygens (including phenoxy) is 1. The maximum Gasteiger partial charge on any atom is 0.204 e. The van der Waals surface area contributed by atoms with Crippen molar-refractivity contribution in [2.24, 2.45) is 22.6 Å². The van der Waals surface area contributed by atoms with E-state index in [4.69, 9.17) is 14.6 Å². The molecular formula is C43H80F2N4O4. The van der Waals surface area contributed by atoms with Crippen molar-refractivity contribution in [2.45, 2.75) is 137 Å². The zero-order chi connectivity index (χ0) is 41.9. The zero-order valence-electron chi connectivity index (χ0n) is 35.0. The van der Waals surface area contributed by atoms with Crippen LogP contribution in [0.5, 0.6) is 0 Å². The van der Waals surface area contributed by atoms with Gasteiger partial charge in [0.25, 0.3) is 0 Å². The van der Waals surface area contributed by atoms with Crippen molar-refractivity contribution in [3.63, 3.8) is 0 Å². The van der Waals surface area contributed by atoms with E-state index in [0.717, 1.165) is 52.0 Å². The van der Waals surface area contributed by atoms with Crippen LogP contribution in [0.15, 0.2) is 79.9 Å². The topological polar surface area (TPSA) is 117 Å². The number of hydrogen-bond acceptors (Lipinski definition) is 6. The van der Waals surface area contributed by atoms with E-state index < -0.39 is 11.7 Å². The molecule has 1 fully saturated rings. The van der Waals surface area contributed by atoms with Crippen molar-refractivity contribution in [3.05, 3.63) is 74.9 Å². The van der Waals surface area contributed by atoms with Gasteiger partial charge < -0.3 is 25.8 Å². The second-order valence-corrected chi connectivity index (χ2v) is 12.1. The molecule has 2 aliphatic carbocycles. The summed E-state index contributed by atoms with van der Waals surface area (Å²) in [5, 5.41) is 10.5. The molecule has 0 saturated heterocycles. The number of allylic oxidation sites excluding steroid dienone is 5. The number of primary amides is 1. The summed E-state index contributed by atoms with van der Waals surface area (Å²) in [7, 11) is 1.00. The molecule has 0 aliphatic heterocycles. The average Bonchev–Trinajstić information content (AvgIpc) is 3.34. The quantitative estimate of drug-likeness (QED) is 0.0320. The Bertz CT molecular complexity index is 947. The van der Waals surface area contributed by atoms with Gasteiger partial charge in [-0.15, -0.1) is 19.7 Å². The van der Waals surface area contributed by atoms with Gasteiger partial charge in [0, 0.05) is 38.3 Å². The first-order valence-electron chi connectivity index (χ1n) is 19.3. The molecule has 0 aromatic carbocycles. The first kappa shape index (κ1) is 59.1. The monoisotopic (exact) mass is 755 g/mol. The molecule has 310 valence electrons. The minimum atomic E-state index is -0.525. The number of aliphatic hydroxyl groups excluding tert-OH is 1. The SMILES string of the molecule is C=C.C=CC=C.C=CCC(C)N(C=NCC(C)=O)C1CCCCC1.CC.CCCNCC(CCOC1C=C(F)C=C(F)CC1)C(C)CC.CO.NC=O. The van der Waals surface area contributed by atoms with Gasteiger partial charge in [0.2, 0.25) is 6.41 Å². The molecule has 10 heteroatoms. The third-order valence-electron chi connectivity index (χ3n) is 8.12. The van der Waals surface area contributed by atoms with Crippen molar-refractivity contribution in [1.82, 2.24) is 10.2 Å². The number of amides is 1. The smallest absolute Gasteiger partial charge is 0.204 e. The van der Waals surface area contributed by atoms with E-state index >= 15 is 0 Å². The molecule has 0 heterocycles. The summed E-state index contributed by atoms with van der Waals surface area (Å²) < 4.78 is 32.3. The van der Waals surface area contributed by atoms with Gasteiger partial charge in [-0.1, -0.05) is 91.7 Å². The molecule has 0 bridgehead atoms. The van der Waals surface area contributed by atoms with Crippen LogP contribution in [0.1, 0.15) is 119 Å². The van der Waals surface area contributed by atoms with Crippen molar-refractivity contribution in [1.29, 1.82) is 0 Å². The Balaban J connectivity index is -0.000000221. The maximum atomic E-state index is 13.4. The number of nitrogens with one attached hydrogen (secondary N) is 1. The molecule has 1 saturated carbocycles. The second-order valence-electron chi connectivity index (χ2n) is 12.1. The van der Waals surface area contributed by atoms with Crippen LogP contribution in [-0.2, 0) is 14.3 Å². The minimum absolute atomic E-state index is 0.117. The first-order chi connectivity index (χ1) is 25.5. The van der Waals surface area contributed by atoms with Crippen LogP contribution in [0.25, 0.3) is 0 Å². The number of carbonyl (C=O) groups is 2. The summed E-state index contributed by atoms with van der Waals surface area (Å²) in [6.45, 7) is 33.9. The van der Waals surface area contributed by atoms with E-state index in [2.05, 4.69) is 81.5 Å². The number of Topliss-reactive ketones (excluding diaryl/α,β-unsaturated/α-hetero) is 1. The van der Waals surface area contributed by atoms with E-state index in [9.17, 15) is 13.6 Å². The average molecular weight is 755 g/mol. The molecule has 0 aromatic rings. The summed E-state index contributed by atoms with van der Waals surface area (Å²) >= 11 is 0. The summed E-state index contributed by atoms with van der Waals surface area (Å²) in [5.74, 6) is 0.384. The summed E-state index contributed by atoms with van der Waals surface area (Å²) in [6, 6.07) is 1.01. The lowest BCUT2D eigenvalue weighted by molar-refractivity contribution is -0.115. The van der Waals surface area contributed by atoms with Crippen LogP contribution in [0.3, 0.4) is 0 Å². The lowest BCUT2D eigenvalue weighted by Crippen LogP contribution is -2.41. The molecular weight excluding hydrogens is 674 g/mol. The van der Waals surface area contributed by atoms with E-state index in [-0.39, 0.29) is 24.7 Å². The van der Waals surface area contributed by atoms with Crippen LogP contribution >= 0.6 is 0 Å². The Morgan fingerprint density at radius 2 is 1.66 bits per heavy atom. The first-order valence-corrected chi connectivity index (χ1v) is 19.3. The van der Waals surface area contributed by atoms with E-state index in [1.165, 1.54) is 38.2 Å². The van der Waals surface area contributed by atoms with Gasteiger partial charge in [-0.05, 0) is 83.4 Å². The molecule has 4 N–H and O–H groups in total. The Kier molecular flexibility index (Phi) is 52.2. The van der Waals surface area contributed by atoms with E-state index in [0.29, 0.717) is 43.5 Å². The molecule has 8 nitrogen and oxygen atoms in total. The number of hydrogen-bond donors (Lipinski definition) is 3. The predicted octanol–water partition coefficient (Wildman–Crippen LogP) is 10.0. The number of carbonyl (C=O) groups excluding carboxylic acids is 2. The third-order valence-corrected chi connectivity index (χ3v) is 8.12. The summed E-state index contributed by atoms with van der Waals surface area (Å²) in [4.78, 5) is 26.1. The highest BCUT2D eigenvalue weighted by Crippen LogP contribution is 2.25. The summed E-state index contributed by atoms with van der Waals surface area (Å²) in [5.41, 5.74) is 4.17. The molecule has 0 aromatic heterocycles. The third kappa shape index (κ3) is 38.3. The fourth-order valence-corrected chi connectivity index (χ4v) is 5.27. The molecule has 4 atom stereocenters. The molecule has 2 aliphatic rings. The van der Waals surface area contributed by atoms with Crippen LogP contribution in [0, 0.1) is 11.8 Å². The van der Waals surface area contributed by atoms with Gasteiger partial charge in [-0.25, -0.2) is 8.78 Å². The standard InChI is InChI=1S/C18H31F2NO.C15H26N2O.C4H6.C2H6.C2H4.CH3NO.CH4O/c1-4-9-21-13-15(14(3)5-2)8-10-22-18-7-6-16(19)11-17(20)12-18;1-4-8-13(2)17(12-16-11-14(3)18)15-9-6-5-7-10-15;1-3-4-2;2*1-2;2-1-3;1-2/h11-12,14-15,18,21H,4-10,13H2,1-3H3;4,12-13,15H,1,5-11H2,2-3H3;3-4H,1-2H2;1-2H3;1-2H2;1H,(H2,2,3);2H,1H3. The molecule has 4 unspecified atom stereocenters. The lowest BCUT2D eigenvalue weighted by atomic mass is 9.89. The van der Waals surface area contributed by atoms with E-state index in [1.807, 2.05) is 26.3 Å². The normalized spacial score (nSPS) is 16.3. The van der Waals surface area contributed by atoms with Gasteiger partial charge >= 0.3 is 0 Å². The largest absolute Gasteiger partial charge is 0.400 e. The highest BCUT2D eigenvalue weighted by molar-refractivity contribution is 5.79. The lowest BCUT2D eigenvalue weighted by Gasteiger charge is -2.37. The Hall–Kier alpha value is -3.21. The Morgan fingerprint density at radius 3 is 2.13 bits per heavy atom. The molecule has 2 rings (SSSR count). The van der Waals surface area contributed by atoms with Crippen LogP contribution < -0.4 is 11.1 Å². The molecule has 0 spiro atoms. The second kappa shape index (κ2) is 46.8. The highest BCUT2D eigenvalue weighted by Gasteiger charge is 2.22. The van der Waals surface area contributed by atoms with E-state index in [1.54, 1.807) is 19.1 Å². The number of ketones is 1.